The molecule has 8 nitrogen and oxygen atoms in total. The summed E-state index contributed by atoms with van der Waals surface area (Å²) in [6, 6.07) is -0.150. The van der Waals surface area contributed by atoms with Crippen molar-refractivity contribution in [2.75, 3.05) is 20.1 Å². The van der Waals surface area contributed by atoms with Crippen molar-refractivity contribution in [3.8, 4) is 0 Å². The summed E-state index contributed by atoms with van der Waals surface area (Å²) >= 11 is 0. The molecule has 1 aliphatic heterocycles. The van der Waals surface area contributed by atoms with Crippen LogP contribution in [0.25, 0.3) is 0 Å². The number of hydrogen-bond donors (Lipinski definition) is 5. The molecule has 0 aromatic heterocycles. The van der Waals surface area contributed by atoms with E-state index >= 15 is 0 Å². The third-order valence-electron chi connectivity index (χ3n) is 3.57. The molecule has 0 aliphatic carbocycles. The number of amides is 3. The van der Waals surface area contributed by atoms with Crippen LogP contribution in [0, 0.1) is 11.3 Å². The molecule has 5 N–H and O–H groups in total. The van der Waals surface area contributed by atoms with E-state index in [4.69, 9.17) is 5.41 Å². The number of carbonyl (C=O) groups is 3. The largest absolute Gasteiger partial charge is 0.393 e. The molecule has 0 bridgehead atoms. The zero-order chi connectivity index (χ0) is 17.2. The third kappa shape index (κ3) is 6.50. The van der Waals surface area contributed by atoms with Crippen LogP contribution in [-0.2, 0) is 14.4 Å². The smallest absolute Gasteiger partial charge is 0.254 e. The summed E-state index contributed by atoms with van der Waals surface area (Å²) in [5.74, 6) is -0.852. The molecule has 1 heterocycles. The maximum absolute atomic E-state index is 11.8. The number of piperidine rings is 1. The molecule has 1 saturated heterocycles. The molecule has 128 valence electrons. The van der Waals surface area contributed by atoms with Crippen molar-refractivity contribution < 1.29 is 14.4 Å². The molecule has 2 unspecified atom stereocenters. The fourth-order valence-corrected chi connectivity index (χ4v) is 2.46. The van der Waals surface area contributed by atoms with Crippen LogP contribution in [0.15, 0.2) is 11.8 Å². The lowest BCUT2D eigenvalue weighted by molar-refractivity contribution is -0.128. The third-order valence-corrected chi connectivity index (χ3v) is 3.57. The molecular weight excluding hydrogens is 298 g/mol. The summed E-state index contributed by atoms with van der Waals surface area (Å²) < 4.78 is 0. The van der Waals surface area contributed by atoms with Gasteiger partial charge in [0.15, 0.2) is 0 Å². The van der Waals surface area contributed by atoms with Crippen LogP contribution < -0.4 is 21.3 Å². The minimum absolute atomic E-state index is 0.0403. The SMILES string of the molecule is CN/C=C(\C=N)C(=O)NCC(=O)NC(C)CC1CCCNC1=O. The molecule has 2 atom stereocenters. The summed E-state index contributed by atoms with van der Waals surface area (Å²) in [6.45, 7) is 2.39. The molecule has 23 heavy (non-hydrogen) atoms. The van der Waals surface area contributed by atoms with Crippen molar-refractivity contribution in [1.29, 1.82) is 5.41 Å². The molecule has 8 heteroatoms. The van der Waals surface area contributed by atoms with Crippen molar-refractivity contribution in [3.05, 3.63) is 11.8 Å². The van der Waals surface area contributed by atoms with Gasteiger partial charge in [0.05, 0.1) is 12.1 Å². The predicted molar refractivity (Wildman–Crippen MR) is 86.9 cm³/mol. The standard InChI is InChI=1S/C15H25N5O3/c1-10(6-11-4-3-5-18-14(11)22)20-13(21)9-19-15(23)12(7-16)8-17-2/h7-8,10-11,16-17H,3-6,9H2,1-2H3,(H,18,22)(H,19,23)(H,20,21)/b12-8+,16-7?. The Labute approximate surface area is 136 Å². The van der Waals surface area contributed by atoms with E-state index in [0.717, 1.165) is 25.6 Å². The van der Waals surface area contributed by atoms with Gasteiger partial charge in [-0.15, -0.1) is 0 Å². The Kier molecular flexibility index (Phi) is 7.79. The first-order chi connectivity index (χ1) is 11.0. The highest BCUT2D eigenvalue weighted by Gasteiger charge is 2.24. The van der Waals surface area contributed by atoms with E-state index in [-0.39, 0.29) is 35.9 Å². The summed E-state index contributed by atoms with van der Waals surface area (Å²) in [6.07, 6.45) is 4.66. The fraction of sp³-hybridized carbons (Fsp3) is 0.600. The lowest BCUT2D eigenvalue weighted by atomic mass is 9.92. The minimum atomic E-state index is -0.496. The highest BCUT2D eigenvalue weighted by molar-refractivity contribution is 6.11. The molecule has 1 fully saturated rings. The summed E-state index contributed by atoms with van der Waals surface area (Å²) in [5.41, 5.74) is 0.132. The normalized spacial score (nSPS) is 19.3. The number of hydrogen-bond acceptors (Lipinski definition) is 5. The van der Waals surface area contributed by atoms with Crippen LogP contribution in [-0.4, -0.2) is 50.1 Å². The molecule has 1 rings (SSSR count). The lowest BCUT2D eigenvalue weighted by Gasteiger charge is -2.25. The Morgan fingerprint density at radius 2 is 2.22 bits per heavy atom. The topological polar surface area (TPSA) is 123 Å². The van der Waals surface area contributed by atoms with Gasteiger partial charge in [0, 0.05) is 38.0 Å². The Hall–Kier alpha value is -2.38. The van der Waals surface area contributed by atoms with Crippen LogP contribution in [0.1, 0.15) is 26.2 Å². The first-order valence-electron chi connectivity index (χ1n) is 7.71. The second-order valence-corrected chi connectivity index (χ2v) is 5.55. The molecule has 0 aromatic carbocycles. The molecule has 0 radical (unpaired) electrons. The number of carbonyl (C=O) groups excluding carboxylic acids is 3. The van der Waals surface area contributed by atoms with Crippen molar-refractivity contribution >= 4 is 23.9 Å². The van der Waals surface area contributed by atoms with Gasteiger partial charge in [0.25, 0.3) is 5.91 Å². The van der Waals surface area contributed by atoms with Gasteiger partial charge in [-0.3, -0.25) is 14.4 Å². The Morgan fingerprint density at radius 1 is 1.48 bits per heavy atom. The van der Waals surface area contributed by atoms with E-state index in [1.54, 1.807) is 7.05 Å². The lowest BCUT2D eigenvalue weighted by Crippen LogP contribution is -2.44. The molecular formula is C15H25N5O3. The maximum atomic E-state index is 11.8. The maximum Gasteiger partial charge on any atom is 0.254 e. The fourth-order valence-electron chi connectivity index (χ4n) is 2.46. The van der Waals surface area contributed by atoms with E-state index < -0.39 is 5.91 Å². The highest BCUT2D eigenvalue weighted by atomic mass is 16.2. The van der Waals surface area contributed by atoms with Gasteiger partial charge in [-0.1, -0.05) is 0 Å². The Balaban J connectivity index is 2.35. The highest BCUT2D eigenvalue weighted by Crippen LogP contribution is 2.17. The quantitative estimate of drug-likeness (QED) is 0.299. The summed E-state index contributed by atoms with van der Waals surface area (Å²) in [5, 5.41) is 17.8. The molecule has 1 aliphatic rings. The average Bonchev–Trinajstić information content (AvgIpc) is 2.52. The number of rotatable bonds is 8. The summed E-state index contributed by atoms with van der Waals surface area (Å²) in [7, 11) is 1.62. The van der Waals surface area contributed by atoms with Gasteiger partial charge in [-0.2, -0.15) is 0 Å². The van der Waals surface area contributed by atoms with E-state index in [9.17, 15) is 14.4 Å². The molecule has 3 amide bonds. The summed E-state index contributed by atoms with van der Waals surface area (Å²) in [4.78, 5) is 35.2. The Morgan fingerprint density at radius 3 is 2.83 bits per heavy atom. The molecule has 0 saturated carbocycles. The molecule has 0 aromatic rings. The van der Waals surface area contributed by atoms with E-state index in [1.165, 1.54) is 6.20 Å². The second kappa shape index (κ2) is 9.60. The van der Waals surface area contributed by atoms with Gasteiger partial charge < -0.3 is 26.7 Å². The van der Waals surface area contributed by atoms with Crippen molar-refractivity contribution in [2.24, 2.45) is 5.92 Å². The van der Waals surface area contributed by atoms with Gasteiger partial charge >= 0.3 is 0 Å². The van der Waals surface area contributed by atoms with Crippen LogP contribution in [0.5, 0.6) is 0 Å². The zero-order valence-electron chi connectivity index (χ0n) is 13.6. The van der Waals surface area contributed by atoms with Crippen molar-refractivity contribution in [1.82, 2.24) is 21.3 Å². The van der Waals surface area contributed by atoms with Crippen LogP contribution in [0.4, 0.5) is 0 Å². The van der Waals surface area contributed by atoms with Crippen LogP contribution in [0.2, 0.25) is 0 Å². The minimum Gasteiger partial charge on any atom is -0.393 e. The van der Waals surface area contributed by atoms with Gasteiger partial charge in [0.1, 0.15) is 0 Å². The second-order valence-electron chi connectivity index (χ2n) is 5.55. The van der Waals surface area contributed by atoms with Gasteiger partial charge in [0.2, 0.25) is 11.8 Å². The monoisotopic (exact) mass is 323 g/mol. The first kappa shape index (κ1) is 18.7. The zero-order valence-corrected chi connectivity index (χ0v) is 13.6. The first-order valence-corrected chi connectivity index (χ1v) is 7.71. The number of nitrogens with one attached hydrogen (secondary N) is 5. The molecule has 0 spiro atoms. The Bertz CT molecular complexity index is 490. The van der Waals surface area contributed by atoms with Crippen LogP contribution in [0.3, 0.4) is 0 Å². The van der Waals surface area contributed by atoms with Crippen molar-refractivity contribution in [2.45, 2.75) is 32.2 Å². The van der Waals surface area contributed by atoms with Gasteiger partial charge in [-0.25, -0.2) is 0 Å². The van der Waals surface area contributed by atoms with E-state index in [0.29, 0.717) is 6.42 Å². The average molecular weight is 323 g/mol. The van der Waals surface area contributed by atoms with E-state index in [1.807, 2.05) is 6.92 Å². The van der Waals surface area contributed by atoms with E-state index in [2.05, 4.69) is 21.3 Å². The van der Waals surface area contributed by atoms with Gasteiger partial charge in [-0.05, 0) is 26.2 Å². The predicted octanol–water partition coefficient (Wildman–Crippen LogP) is -0.724. The van der Waals surface area contributed by atoms with Crippen molar-refractivity contribution in [3.63, 3.8) is 0 Å². The van der Waals surface area contributed by atoms with Crippen LogP contribution >= 0.6 is 0 Å².